The smallest absolute Gasteiger partial charge is 0.366 e. The van der Waals surface area contributed by atoms with Crippen molar-refractivity contribution in [3.8, 4) is 5.92 Å². The van der Waals surface area contributed by atoms with Gasteiger partial charge in [0.25, 0.3) is 5.91 Å². The number of hydrogen-bond donors (Lipinski definition) is 1. The molecule has 0 aromatic heterocycles. The van der Waals surface area contributed by atoms with Gasteiger partial charge in [0, 0.05) is 18.5 Å². The molecule has 2 aliphatic rings. The third-order valence-corrected chi connectivity index (χ3v) is 3.67. The zero-order valence-corrected chi connectivity index (χ0v) is 11.8. The summed E-state index contributed by atoms with van der Waals surface area (Å²) in [6.07, 6.45) is 7.71. The minimum absolute atomic E-state index is 0. The van der Waals surface area contributed by atoms with Gasteiger partial charge in [-0.25, -0.2) is 0 Å². The van der Waals surface area contributed by atoms with E-state index in [4.69, 9.17) is 6.42 Å². The molecule has 1 unspecified atom stereocenters. The normalized spacial score (nSPS) is 20.4. The first kappa shape index (κ1) is 15.3. The third kappa shape index (κ3) is 2.58. The Morgan fingerprint density at radius 3 is 2.71 bits per heavy atom. The first-order valence-corrected chi connectivity index (χ1v) is 6.30. The van der Waals surface area contributed by atoms with E-state index in [0.29, 0.717) is 24.1 Å². The monoisotopic (exact) mass is 330 g/mol. The third-order valence-electron chi connectivity index (χ3n) is 3.67. The van der Waals surface area contributed by atoms with E-state index in [0.717, 1.165) is 5.56 Å². The van der Waals surface area contributed by atoms with Crippen LogP contribution in [0.15, 0.2) is 18.2 Å². The molecule has 0 bridgehead atoms. The number of fused-ring (bicyclic) bond motifs is 1. The fourth-order valence-electron chi connectivity index (χ4n) is 2.65. The number of carbonyl (C=O) groups is 3. The van der Waals surface area contributed by atoms with Crippen molar-refractivity contribution in [2.45, 2.75) is 25.4 Å². The van der Waals surface area contributed by atoms with E-state index in [9.17, 15) is 14.4 Å². The molecular formula is C15H11CuN2O3. The van der Waals surface area contributed by atoms with Crippen LogP contribution in [0.4, 0.5) is 0 Å². The van der Waals surface area contributed by atoms with E-state index in [2.05, 4.69) is 11.2 Å². The quantitative estimate of drug-likeness (QED) is 0.350. The van der Waals surface area contributed by atoms with E-state index < -0.39 is 11.9 Å². The van der Waals surface area contributed by atoms with E-state index in [1.165, 1.54) is 4.90 Å². The summed E-state index contributed by atoms with van der Waals surface area (Å²) in [7, 11) is 0. The predicted molar refractivity (Wildman–Crippen MR) is 68.7 cm³/mol. The van der Waals surface area contributed by atoms with Crippen LogP contribution in [0.2, 0.25) is 0 Å². The van der Waals surface area contributed by atoms with Crippen LogP contribution in [0.1, 0.15) is 34.3 Å². The van der Waals surface area contributed by atoms with Gasteiger partial charge in [0.2, 0.25) is 11.8 Å². The van der Waals surface area contributed by atoms with Gasteiger partial charge in [0.15, 0.2) is 0 Å². The Bertz CT molecular complexity index is 678. The largest absolute Gasteiger partial charge is 1.00 e. The molecular weight excluding hydrogens is 320 g/mol. The van der Waals surface area contributed by atoms with Crippen LogP contribution in [0.3, 0.4) is 0 Å². The topological polar surface area (TPSA) is 66.5 Å². The molecule has 0 aliphatic carbocycles. The standard InChI is InChI=1S/C15H11N2O3.Cu/c1-2-9-3-4-11-10(7-9)8-17(15(11)20)12-5-6-13(18)16-14(12)19;/h3-4,7,12H,5-6,8H2,(H,16,18,19);/q-1;+1. The fourth-order valence-corrected chi connectivity index (χ4v) is 2.65. The van der Waals surface area contributed by atoms with Gasteiger partial charge in [0.05, 0.1) is 0 Å². The number of piperidine rings is 1. The SMILES string of the molecule is [C-]#Cc1ccc2c(c1)CN(C1CCC(=O)NC1=O)C2=O.[Cu+]. The van der Waals surface area contributed by atoms with Crippen molar-refractivity contribution >= 4 is 17.7 Å². The maximum Gasteiger partial charge on any atom is 1.00 e. The molecule has 1 aromatic rings. The number of hydrogen-bond acceptors (Lipinski definition) is 3. The Balaban J connectivity index is 0.00000161. The number of amides is 3. The van der Waals surface area contributed by atoms with Crippen LogP contribution in [-0.4, -0.2) is 28.7 Å². The van der Waals surface area contributed by atoms with E-state index in [-0.39, 0.29) is 35.3 Å². The summed E-state index contributed by atoms with van der Waals surface area (Å²) in [5.41, 5.74) is 1.94. The van der Waals surface area contributed by atoms with Gasteiger partial charge >= 0.3 is 17.1 Å². The Morgan fingerprint density at radius 1 is 1.29 bits per heavy atom. The fraction of sp³-hybridized carbons (Fsp3) is 0.267. The molecule has 1 aromatic carbocycles. The van der Waals surface area contributed by atoms with Crippen molar-refractivity contribution in [2.75, 3.05) is 0 Å². The maximum absolute atomic E-state index is 12.3. The van der Waals surface area contributed by atoms with Gasteiger partial charge in [-0.2, -0.15) is 0 Å². The van der Waals surface area contributed by atoms with Crippen LogP contribution in [0.25, 0.3) is 0 Å². The number of carbonyl (C=O) groups excluding carboxylic acids is 3. The van der Waals surface area contributed by atoms with Crippen molar-refractivity contribution in [3.63, 3.8) is 0 Å². The molecule has 110 valence electrons. The van der Waals surface area contributed by atoms with Gasteiger partial charge in [-0.15, -0.1) is 17.7 Å². The molecule has 1 atom stereocenters. The number of nitrogens with one attached hydrogen (secondary N) is 1. The first-order chi connectivity index (χ1) is 9.60. The molecule has 3 rings (SSSR count). The average Bonchev–Trinajstić information content (AvgIpc) is 2.75. The molecule has 1 fully saturated rings. The Labute approximate surface area is 132 Å². The molecule has 6 heteroatoms. The summed E-state index contributed by atoms with van der Waals surface area (Å²) in [6.45, 7) is 0.329. The van der Waals surface area contributed by atoms with Crippen LogP contribution in [0, 0.1) is 12.3 Å². The minimum Gasteiger partial charge on any atom is -0.366 e. The molecule has 1 N–H and O–H groups in total. The van der Waals surface area contributed by atoms with Crippen LogP contribution < -0.4 is 5.32 Å². The molecule has 0 spiro atoms. The minimum atomic E-state index is -0.597. The van der Waals surface area contributed by atoms with E-state index in [1.54, 1.807) is 18.2 Å². The summed E-state index contributed by atoms with van der Waals surface area (Å²) in [5.74, 6) is 1.36. The summed E-state index contributed by atoms with van der Waals surface area (Å²) in [5, 5.41) is 2.26. The molecule has 3 amide bonds. The van der Waals surface area contributed by atoms with Gasteiger partial charge in [-0.05, 0) is 12.0 Å². The van der Waals surface area contributed by atoms with Crippen molar-refractivity contribution in [1.29, 1.82) is 0 Å². The number of imide groups is 1. The van der Waals surface area contributed by atoms with Crippen molar-refractivity contribution in [2.24, 2.45) is 0 Å². The Kier molecular flexibility index (Phi) is 4.17. The molecule has 21 heavy (non-hydrogen) atoms. The van der Waals surface area contributed by atoms with Crippen molar-refractivity contribution in [3.05, 3.63) is 41.3 Å². The summed E-state index contributed by atoms with van der Waals surface area (Å²) in [4.78, 5) is 36.8. The molecule has 0 radical (unpaired) electrons. The van der Waals surface area contributed by atoms with E-state index in [1.807, 2.05) is 0 Å². The zero-order valence-electron chi connectivity index (χ0n) is 10.9. The van der Waals surface area contributed by atoms with Crippen molar-refractivity contribution < 1.29 is 31.5 Å². The molecule has 0 saturated carbocycles. The summed E-state index contributed by atoms with van der Waals surface area (Å²) >= 11 is 0. The van der Waals surface area contributed by atoms with E-state index >= 15 is 0 Å². The van der Waals surface area contributed by atoms with Crippen LogP contribution >= 0.6 is 0 Å². The molecule has 2 heterocycles. The average molecular weight is 331 g/mol. The van der Waals surface area contributed by atoms with Crippen molar-refractivity contribution in [1.82, 2.24) is 10.2 Å². The van der Waals surface area contributed by atoms with Gasteiger partial charge in [-0.1, -0.05) is 6.07 Å². The Morgan fingerprint density at radius 2 is 2.05 bits per heavy atom. The molecule has 1 saturated heterocycles. The zero-order chi connectivity index (χ0) is 14.3. The van der Waals surface area contributed by atoms with Gasteiger partial charge in [-0.3, -0.25) is 25.6 Å². The van der Waals surface area contributed by atoms with Gasteiger partial charge < -0.3 is 11.3 Å². The van der Waals surface area contributed by atoms with Crippen LogP contribution in [0.5, 0.6) is 0 Å². The molecule has 5 nitrogen and oxygen atoms in total. The second kappa shape index (κ2) is 5.72. The number of benzene rings is 1. The second-order valence-corrected chi connectivity index (χ2v) is 4.90. The Hall–Kier alpha value is -2.09. The first-order valence-electron chi connectivity index (χ1n) is 6.30. The number of rotatable bonds is 1. The maximum atomic E-state index is 12.3. The summed E-state index contributed by atoms with van der Waals surface area (Å²) < 4.78 is 0. The van der Waals surface area contributed by atoms with Crippen LogP contribution in [-0.2, 0) is 33.2 Å². The number of nitrogens with zero attached hydrogens (tertiary/aromatic N) is 1. The van der Waals surface area contributed by atoms with Gasteiger partial charge in [0.1, 0.15) is 6.04 Å². The summed E-state index contributed by atoms with van der Waals surface area (Å²) in [6, 6.07) is 4.43. The molecule has 2 aliphatic heterocycles. The second-order valence-electron chi connectivity index (χ2n) is 4.90. The predicted octanol–water partition coefficient (Wildman–Crippen LogP) is 0.383.